The maximum atomic E-state index is 15.6. The van der Waals surface area contributed by atoms with Gasteiger partial charge in [-0.05, 0) is 74.3 Å². The van der Waals surface area contributed by atoms with E-state index in [1.165, 1.54) is 37.6 Å². The van der Waals surface area contributed by atoms with Crippen LogP contribution in [-0.2, 0) is 14.4 Å². The molecular weight excluding hydrogens is 616 g/mol. The number of carbonyl (C=O) groups is 3. The molecule has 0 bridgehead atoms. The zero-order valence-corrected chi connectivity index (χ0v) is 25.4. The molecule has 0 saturated heterocycles. The SMILES string of the molecule is COc1cc2c(Oc3ccc(N(C(=O)C4(C(N)=O)CC4)c4ccc(F)cc4)cc3F)ccnc2cc1OCCCNCCC(=O)NO. The first-order valence-electron chi connectivity index (χ1n) is 14.8. The van der Waals surface area contributed by atoms with E-state index in [2.05, 4.69) is 10.3 Å². The predicted molar refractivity (Wildman–Crippen MR) is 167 cm³/mol. The molecule has 1 aliphatic rings. The minimum atomic E-state index is -1.41. The molecule has 1 saturated carbocycles. The Labute approximate surface area is 268 Å². The number of ether oxygens (including phenoxy) is 3. The Kier molecular flexibility index (Phi) is 10.1. The molecule has 5 rings (SSSR count). The first-order chi connectivity index (χ1) is 22.7. The van der Waals surface area contributed by atoms with Crippen LogP contribution in [0.15, 0.2) is 66.9 Å². The second-order valence-corrected chi connectivity index (χ2v) is 10.8. The number of nitrogens with two attached hydrogens (primary N) is 1. The van der Waals surface area contributed by atoms with E-state index in [1.807, 2.05) is 0 Å². The summed E-state index contributed by atoms with van der Waals surface area (Å²) in [5.41, 5.74) is 6.55. The summed E-state index contributed by atoms with van der Waals surface area (Å²) < 4.78 is 46.7. The van der Waals surface area contributed by atoms with Gasteiger partial charge in [0.25, 0.3) is 0 Å². The third-order valence-electron chi connectivity index (χ3n) is 7.71. The topological polar surface area (TPSA) is 165 Å². The summed E-state index contributed by atoms with van der Waals surface area (Å²) in [7, 11) is 1.48. The lowest BCUT2D eigenvalue weighted by atomic mass is 10.0. The van der Waals surface area contributed by atoms with Crippen LogP contribution in [0.2, 0.25) is 0 Å². The van der Waals surface area contributed by atoms with Gasteiger partial charge in [0, 0.05) is 42.4 Å². The number of amides is 3. The molecule has 5 N–H and O–H groups in total. The predicted octanol–water partition coefficient (Wildman–Crippen LogP) is 4.50. The smallest absolute Gasteiger partial charge is 0.247 e. The average molecular weight is 650 g/mol. The van der Waals surface area contributed by atoms with Crippen molar-refractivity contribution in [3.8, 4) is 23.0 Å². The summed E-state index contributed by atoms with van der Waals surface area (Å²) in [6.07, 6.45) is 2.80. The van der Waals surface area contributed by atoms with E-state index in [0.29, 0.717) is 48.5 Å². The van der Waals surface area contributed by atoms with Crippen LogP contribution < -0.4 is 35.6 Å². The van der Waals surface area contributed by atoms with Crippen molar-refractivity contribution in [3.63, 3.8) is 0 Å². The quantitative estimate of drug-likeness (QED) is 0.0628. The third kappa shape index (κ3) is 7.39. The van der Waals surface area contributed by atoms with Gasteiger partial charge < -0.3 is 25.3 Å². The fourth-order valence-electron chi connectivity index (χ4n) is 4.96. The van der Waals surface area contributed by atoms with Gasteiger partial charge in [-0.2, -0.15) is 0 Å². The number of halogens is 2. The number of hydrogen-bond donors (Lipinski definition) is 4. The summed E-state index contributed by atoms with van der Waals surface area (Å²) in [6, 6.07) is 13.9. The summed E-state index contributed by atoms with van der Waals surface area (Å²) in [6.45, 7) is 1.33. The van der Waals surface area contributed by atoms with E-state index >= 15 is 4.39 Å². The molecular formula is C33H33F2N5O7. The van der Waals surface area contributed by atoms with Crippen molar-refractivity contribution in [3.05, 3.63) is 78.5 Å². The molecule has 246 valence electrons. The van der Waals surface area contributed by atoms with Crippen LogP contribution in [0.25, 0.3) is 10.9 Å². The van der Waals surface area contributed by atoms with Gasteiger partial charge in [-0.1, -0.05) is 0 Å². The summed E-state index contributed by atoms with van der Waals surface area (Å²) in [5, 5.41) is 12.1. The number of nitrogens with zero attached hydrogens (tertiary/aromatic N) is 2. The highest BCUT2D eigenvalue weighted by atomic mass is 19.1. The van der Waals surface area contributed by atoms with Gasteiger partial charge >= 0.3 is 0 Å². The molecule has 1 aliphatic carbocycles. The van der Waals surface area contributed by atoms with Crippen molar-refractivity contribution in [2.45, 2.75) is 25.7 Å². The van der Waals surface area contributed by atoms with E-state index in [4.69, 9.17) is 25.2 Å². The number of aromatic nitrogens is 1. The second-order valence-electron chi connectivity index (χ2n) is 10.8. The minimum absolute atomic E-state index is 0.105. The highest BCUT2D eigenvalue weighted by Gasteiger charge is 2.57. The lowest BCUT2D eigenvalue weighted by molar-refractivity contribution is -0.133. The number of nitrogens with one attached hydrogen (secondary N) is 2. The van der Waals surface area contributed by atoms with Crippen LogP contribution in [0.5, 0.6) is 23.0 Å². The van der Waals surface area contributed by atoms with E-state index in [9.17, 15) is 18.8 Å². The van der Waals surface area contributed by atoms with Crippen molar-refractivity contribution < 1.29 is 42.6 Å². The molecule has 3 aromatic carbocycles. The first-order valence-corrected chi connectivity index (χ1v) is 14.8. The third-order valence-corrected chi connectivity index (χ3v) is 7.71. The van der Waals surface area contributed by atoms with Gasteiger partial charge in [-0.25, -0.2) is 14.3 Å². The number of hydroxylamine groups is 1. The van der Waals surface area contributed by atoms with Crippen molar-refractivity contribution in [2.24, 2.45) is 11.1 Å². The zero-order valence-electron chi connectivity index (χ0n) is 25.4. The largest absolute Gasteiger partial charge is 0.493 e. The maximum absolute atomic E-state index is 15.6. The highest BCUT2D eigenvalue weighted by Crippen LogP contribution is 2.49. The van der Waals surface area contributed by atoms with Crippen molar-refractivity contribution in [2.75, 3.05) is 31.7 Å². The van der Waals surface area contributed by atoms with Crippen LogP contribution >= 0.6 is 0 Å². The van der Waals surface area contributed by atoms with E-state index in [1.54, 1.807) is 23.7 Å². The Morgan fingerprint density at radius 1 is 0.957 bits per heavy atom. The summed E-state index contributed by atoms with van der Waals surface area (Å²) in [5.74, 6) is -2.23. The summed E-state index contributed by atoms with van der Waals surface area (Å²) >= 11 is 0. The number of carbonyl (C=O) groups excluding carboxylic acids is 3. The standard InChI is InChI=1S/C33H33F2N5O7/c1-45-28-18-23-25(19-29(28)46-16-2-13-37-14-10-30(41)39-44)38-15-9-26(23)47-27-8-7-22(17-24(27)35)40(21-5-3-20(34)4-6-21)32(43)33(11-12-33)31(36)42/h3-9,15,17-19,37,44H,2,10-14,16H2,1H3,(H2,36,42)(H,39,41). The van der Waals surface area contributed by atoms with Gasteiger partial charge in [0.2, 0.25) is 17.7 Å². The van der Waals surface area contributed by atoms with Gasteiger partial charge in [-0.15, -0.1) is 0 Å². The normalized spacial score (nSPS) is 13.1. The van der Waals surface area contributed by atoms with Crippen LogP contribution in [0.1, 0.15) is 25.7 Å². The van der Waals surface area contributed by atoms with Crippen LogP contribution in [0.3, 0.4) is 0 Å². The Bertz CT molecular complexity index is 1780. The Morgan fingerprint density at radius 2 is 1.70 bits per heavy atom. The molecule has 1 heterocycles. The van der Waals surface area contributed by atoms with Gasteiger partial charge in [0.05, 0.1) is 24.9 Å². The lowest BCUT2D eigenvalue weighted by Crippen LogP contribution is -2.41. The molecule has 0 spiro atoms. The molecule has 1 aromatic heterocycles. The maximum Gasteiger partial charge on any atom is 0.247 e. The number of anilines is 2. The zero-order chi connectivity index (χ0) is 33.6. The Balaban J connectivity index is 1.34. The van der Waals surface area contributed by atoms with Gasteiger partial charge in [-0.3, -0.25) is 29.5 Å². The van der Waals surface area contributed by atoms with Crippen LogP contribution in [-0.4, -0.2) is 54.7 Å². The Hall–Kier alpha value is -5.34. The number of methoxy groups -OCH3 is 1. The number of pyridine rings is 1. The van der Waals surface area contributed by atoms with E-state index in [-0.39, 0.29) is 42.1 Å². The van der Waals surface area contributed by atoms with Crippen molar-refractivity contribution in [1.82, 2.24) is 15.8 Å². The molecule has 3 amide bonds. The molecule has 1 fully saturated rings. The average Bonchev–Trinajstić information content (AvgIpc) is 3.89. The van der Waals surface area contributed by atoms with Crippen LogP contribution in [0.4, 0.5) is 20.2 Å². The number of hydrogen-bond acceptors (Lipinski definition) is 9. The monoisotopic (exact) mass is 649 g/mol. The number of fused-ring (bicyclic) bond motifs is 1. The molecule has 0 atom stereocenters. The van der Waals surface area contributed by atoms with Crippen molar-refractivity contribution >= 4 is 40.0 Å². The molecule has 12 nitrogen and oxygen atoms in total. The molecule has 0 unspecified atom stereocenters. The number of primary amides is 1. The molecule has 0 radical (unpaired) electrons. The fourth-order valence-corrected chi connectivity index (χ4v) is 4.96. The molecule has 0 aliphatic heterocycles. The Morgan fingerprint density at radius 3 is 2.36 bits per heavy atom. The van der Waals surface area contributed by atoms with Gasteiger partial charge in [0.15, 0.2) is 23.1 Å². The molecule has 4 aromatic rings. The van der Waals surface area contributed by atoms with E-state index < -0.39 is 34.8 Å². The van der Waals surface area contributed by atoms with Crippen molar-refractivity contribution in [1.29, 1.82) is 0 Å². The highest BCUT2D eigenvalue weighted by molar-refractivity contribution is 6.16. The molecule has 47 heavy (non-hydrogen) atoms. The number of benzene rings is 3. The number of rotatable bonds is 15. The fraction of sp³-hybridized carbons (Fsp3) is 0.273. The first kappa shape index (κ1) is 33.0. The van der Waals surface area contributed by atoms with Crippen LogP contribution in [0, 0.1) is 17.0 Å². The molecule has 14 heteroatoms. The lowest BCUT2D eigenvalue weighted by Gasteiger charge is -2.26. The van der Waals surface area contributed by atoms with E-state index in [0.717, 1.165) is 23.1 Å². The summed E-state index contributed by atoms with van der Waals surface area (Å²) in [4.78, 5) is 42.3. The van der Waals surface area contributed by atoms with Gasteiger partial charge in [0.1, 0.15) is 17.0 Å². The second kappa shape index (κ2) is 14.4. The minimum Gasteiger partial charge on any atom is -0.493 e.